The highest BCUT2D eigenvalue weighted by Crippen LogP contribution is 2.16. The second-order valence-corrected chi connectivity index (χ2v) is 6.08. The number of carbonyl (C=O) groups is 1. The first-order valence-corrected chi connectivity index (χ1v) is 8.31. The van der Waals surface area contributed by atoms with E-state index in [1.807, 2.05) is 36.5 Å². The van der Waals surface area contributed by atoms with E-state index >= 15 is 0 Å². The number of nitrogens with one attached hydrogen (secondary N) is 1. The van der Waals surface area contributed by atoms with Crippen molar-refractivity contribution < 1.29 is 4.79 Å². The number of carbonyl (C=O) groups excluding carboxylic acids is 1. The maximum Gasteiger partial charge on any atom is 0.249 e. The van der Waals surface area contributed by atoms with Gasteiger partial charge in [0.1, 0.15) is 0 Å². The van der Waals surface area contributed by atoms with Crippen LogP contribution in [-0.2, 0) is 11.3 Å². The van der Waals surface area contributed by atoms with Gasteiger partial charge in [-0.25, -0.2) is 0 Å². The summed E-state index contributed by atoms with van der Waals surface area (Å²) in [6, 6.07) is 17.3. The fourth-order valence-electron chi connectivity index (χ4n) is 2.42. The minimum absolute atomic E-state index is 0.249. The van der Waals surface area contributed by atoms with E-state index in [1.54, 1.807) is 22.9 Å². The van der Waals surface area contributed by atoms with Gasteiger partial charge in [-0.05, 0) is 35.8 Å². The Morgan fingerprint density at radius 1 is 1.16 bits per heavy atom. The molecule has 0 unspecified atom stereocenters. The van der Waals surface area contributed by atoms with Gasteiger partial charge < -0.3 is 5.32 Å². The number of anilines is 1. The molecule has 0 radical (unpaired) electrons. The van der Waals surface area contributed by atoms with Crippen molar-refractivity contribution in [3.8, 4) is 0 Å². The molecule has 1 heterocycles. The van der Waals surface area contributed by atoms with Crippen LogP contribution in [0.25, 0.3) is 6.08 Å². The van der Waals surface area contributed by atoms with Crippen molar-refractivity contribution in [1.29, 1.82) is 0 Å². The number of halogens is 1. The summed E-state index contributed by atoms with van der Waals surface area (Å²) in [5, 5.41) is 7.74. The summed E-state index contributed by atoms with van der Waals surface area (Å²) in [6.07, 6.45) is 4.98. The lowest BCUT2D eigenvalue weighted by molar-refractivity contribution is -0.111. The standard InChI is InChI=1S/C20H18ClN3O/c1-15-6-2-3-8-17(15)14-24-13-12-19(23-24)22-20(25)11-10-16-7-4-5-9-18(16)21/h2-13H,14H2,1H3,(H,22,23,25)/b11-10+. The molecule has 0 aliphatic carbocycles. The average molecular weight is 352 g/mol. The molecule has 1 amide bonds. The van der Waals surface area contributed by atoms with Crippen LogP contribution >= 0.6 is 11.6 Å². The summed E-state index contributed by atoms with van der Waals surface area (Å²) in [7, 11) is 0. The third-order valence-electron chi connectivity index (χ3n) is 3.81. The molecular weight excluding hydrogens is 334 g/mol. The summed E-state index contributed by atoms with van der Waals surface area (Å²) >= 11 is 6.06. The molecule has 0 saturated heterocycles. The molecule has 5 heteroatoms. The molecule has 0 fully saturated rings. The van der Waals surface area contributed by atoms with Crippen molar-refractivity contribution in [2.75, 3.05) is 5.32 Å². The Labute approximate surface area is 151 Å². The second-order valence-electron chi connectivity index (χ2n) is 5.67. The molecular formula is C20H18ClN3O. The largest absolute Gasteiger partial charge is 0.306 e. The van der Waals surface area contributed by atoms with Crippen LogP contribution in [0, 0.1) is 6.92 Å². The van der Waals surface area contributed by atoms with E-state index < -0.39 is 0 Å². The van der Waals surface area contributed by atoms with Crippen molar-refractivity contribution in [1.82, 2.24) is 9.78 Å². The molecule has 0 atom stereocenters. The van der Waals surface area contributed by atoms with Crippen LogP contribution in [0.1, 0.15) is 16.7 Å². The van der Waals surface area contributed by atoms with Crippen molar-refractivity contribution >= 4 is 29.4 Å². The van der Waals surface area contributed by atoms with E-state index in [-0.39, 0.29) is 5.91 Å². The van der Waals surface area contributed by atoms with E-state index in [0.717, 1.165) is 5.56 Å². The molecule has 1 aromatic heterocycles. The van der Waals surface area contributed by atoms with E-state index in [0.29, 0.717) is 17.4 Å². The molecule has 2 aromatic carbocycles. The number of nitrogens with zero attached hydrogens (tertiary/aromatic N) is 2. The molecule has 0 bridgehead atoms. The minimum Gasteiger partial charge on any atom is -0.306 e. The Morgan fingerprint density at radius 3 is 2.72 bits per heavy atom. The van der Waals surface area contributed by atoms with Crippen LogP contribution in [0.15, 0.2) is 66.9 Å². The Kier molecular flexibility index (Phi) is 5.31. The number of aryl methyl sites for hydroxylation is 1. The monoisotopic (exact) mass is 351 g/mol. The van der Waals surface area contributed by atoms with E-state index in [4.69, 9.17) is 11.6 Å². The summed E-state index contributed by atoms with van der Waals surface area (Å²) in [4.78, 5) is 12.0. The lowest BCUT2D eigenvalue weighted by Gasteiger charge is -2.05. The number of benzene rings is 2. The fraction of sp³-hybridized carbons (Fsp3) is 0.100. The Bertz CT molecular complexity index is 915. The van der Waals surface area contributed by atoms with Gasteiger partial charge >= 0.3 is 0 Å². The highest BCUT2D eigenvalue weighted by Gasteiger charge is 2.04. The van der Waals surface area contributed by atoms with E-state index in [2.05, 4.69) is 29.5 Å². The van der Waals surface area contributed by atoms with Crippen molar-refractivity contribution in [3.63, 3.8) is 0 Å². The van der Waals surface area contributed by atoms with Crippen LogP contribution in [0.4, 0.5) is 5.82 Å². The first-order valence-electron chi connectivity index (χ1n) is 7.93. The van der Waals surface area contributed by atoms with Crippen LogP contribution in [-0.4, -0.2) is 15.7 Å². The third-order valence-corrected chi connectivity index (χ3v) is 4.15. The van der Waals surface area contributed by atoms with Gasteiger partial charge in [-0.3, -0.25) is 9.48 Å². The lowest BCUT2D eigenvalue weighted by Crippen LogP contribution is -2.09. The van der Waals surface area contributed by atoms with Gasteiger partial charge in [-0.2, -0.15) is 5.10 Å². The highest BCUT2D eigenvalue weighted by atomic mass is 35.5. The lowest BCUT2D eigenvalue weighted by atomic mass is 10.1. The topological polar surface area (TPSA) is 46.9 Å². The zero-order valence-corrected chi connectivity index (χ0v) is 14.6. The molecule has 1 N–H and O–H groups in total. The summed E-state index contributed by atoms with van der Waals surface area (Å²) < 4.78 is 1.80. The van der Waals surface area contributed by atoms with Crippen LogP contribution < -0.4 is 5.32 Å². The van der Waals surface area contributed by atoms with Gasteiger partial charge in [0.05, 0.1) is 6.54 Å². The molecule has 126 valence electrons. The molecule has 0 spiro atoms. The van der Waals surface area contributed by atoms with Crippen molar-refractivity contribution in [2.24, 2.45) is 0 Å². The number of hydrogen-bond acceptors (Lipinski definition) is 2. The molecule has 4 nitrogen and oxygen atoms in total. The zero-order valence-electron chi connectivity index (χ0n) is 13.8. The van der Waals surface area contributed by atoms with Gasteiger partial charge in [0, 0.05) is 23.4 Å². The van der Waals surface area contributed by atoms with Gasteiger partial charge in [-0.1, -0.05) is 54.1 Å². The Balaban J connectivity index is 1.62. The van der Waals surface area contributed by atoms with Crippen LogP contribution in [0.3, 0.4) is 0 Å². The summed E-state index contributed by atoms with van der Waals surface area (Å²) in [5.74, 6) is 0.267. The maximum atomic E-state index is 12.0. The number of rotatable bonds is 5. The summed E-state index contributed by atoms with van der Waals surface area (Å²) in [6.45, 7) is 2.74. The van der Waals surface area contributed by atoms with Crippen LogP contribution in [0.5, 0.6) is 0 Å². The Hall–Kier alpha value is -2.85. The molecule has 0 saturated carbocycles. The molecule has 0 aliphatic heterocycles. The van der Waals surface area contributed by atoms with E-state index in [9.17, 15) is 4.79 Å². The number of amides is 1. The predicted molar refractivity (Wildman–Crippen MR) is 102 cm³/mol. The highest BCUT2D eigenvalue weighted by molar-refractivity contribution is 6.32. The van der Waals surface area contributed by atoms with Crippen LogP contribution in [0.2, 0.25) is 5.02 Å². The van der Waals surface area contributed by atoms with Gasteiger partial charge in [-0.15, -0.1) is 0 Å². The van der Waals surface area contributed by atoms with Crippen molar-refractivity contribution in [3.05, 3.63) is 88.6 Å². The normalized spacial score (nSPS) is 11.0. The minimum atomic E-state index is -0.249. The first-order chi connectivity index (χ1) is 12.1. The number of hydrogen-bond donors (Lipinski definition) is 1. The van der Waals surface area contributed by atoms with E-state index in [1.165, 1.54) is 17.2 Å². The van der Waals surface area contributed by atoms with Gasteiger partial charge in [0.15, 0.2) is 5.82 Å². The fourth-order valence-corrected chi connectivity index (χ4v) is 2.62. The van der Waals surface area contributed by atoms with Gasteiger partial charge in [0.2, 0.25) is 5.91 Å². The van der Waals surface area contributed by atoms with Crippen molar-refractivity contribution in [2.45, 2.75) is 13.5 Å². The average Bonchev–Trinajstić information content (AvgIpc) is 3.03. The molecule has 0 aliphatic rings. The SMILES string of the molecule is Cc1ccccc1Cn1ccc(NC(=O)/C=C/c2ccccc2Cl)n1. The van der Waals surface area contributed by atoms with Gasteiger partial charge in [0.25, 0.3) is 0 Å². The molecule has 3 aromatic rings. The Morgan fingerprint density at radius 2 is 1.92 bits per heavy atom. The first kappa shape index (κ1) is 17.0. The number of aromatic nitrogens is 2. The zero-order chi connectivity index (χ0) is 17.6. The predicted octanol–water partition coefficient (Wildman–Crippen LogP) is 4.55. The second kappa shape index (κ2) is 7.81. The third kappa shape index (κ3) is 4.58. The maximum absolute atomic E-state index is 12.0. The quantitative estimate of drug-likeness (QED) is 0.686. The summed E-state index contributed by atoms with van der Waals surface area (Å²) in [5.41, 5.74) is 3.21. The smallest absolute Gasteiger partial charge is 0.249 e. The molecule has 3 rings (SSSR count). The molecule has 25 heavy (non-hydrogen) atoms.